The van der Waals surface area contributed by atoms with E-state index in [1.165, 1.54) is 11.8 Å². The molecular formula is C17H21N3O3S. The number of aromatic nitrogens is 2. The van der Waals surface area contributed by atoms with Gasteiger partial charge < -0.3 is 14.1 Å². The zero-order valence-corrected chi connectivity index (χ0v) is 14.7. The lowest BCUT2D eigenvalue weighted by Crippen LogP contribution is -2.34. The van der Waals surface area contributed by atoms with E-state index in [4.69, 9.17) is 9.15 Å². The first-order chi connectivity index (χ1) is 11.6. The second kappa shape index (κ2) is 7.70. The summed E-state index contributed by atoms with van der Waals surface area (Å²) in [5.41, 5.74) is 1.13. The Morgan fingerprint density at radius 3 is 2.92 bits per heavy atom. The first-order valence-corrected chi connectivity index (χ1v) is 8.97. The lowest BCUT2D eigenvalue weighted by Gasteiger charge is -2.18. The molecule has 0 aliphatic carbocycles. The fraction of sp³-hybridized carbons (Fsp3) is 0.471. The summed E-state index contributed by atoms with van der Waals surface area (Å²) in [6.07, 6.45) is 2.17. The average Bonchev–Trinajstić information content (AvgIpc) is 3.24. The molecule has 0 bridgehead atoms. The van der Waals surface area contributed by atoms with E-state index < -0.39 is 0 Å². The van der Waals surface area contributed by atoms with Crippen LogP contribution in [0.2, 0.25) is 0 Å². The highest BCUT2D eigenvalue weighted by Gasteiger charge is 2.25. The molecule has 1 aliphatic rings. The van der Waals surface area contributed by atoms with Gasteiger partial charge in [0.15, 0.2) is 6.61 Å². The second-order valence-electron chi connectivity index (χ2n) is 5.86. The van der Waals surface area contributed by atoms with Crippen LogP contribution in [0.4, 0.5) is 0 Å². The fourth-order valence-electron chi connectivity index (χ4n) is 2.59. The summed E-state index contributed by atoms with van der Waals surface area (Å²) in [7, 11) is 0. The molecule has 24 heavy (non-hydrogen) atoms. The average molecular weight is 347 g/mol. The molecule has 1 unspecified atom stereocenters. The van der Waals surface area contributed by atoms with Gasteiger partial charge in [-0.15, -0.1) is 10.2 Å². The van der Waals surface area contributed by atoms with Crippen molar-refractivity contribution in [2.75, 3.05) is 13.1 Å². The largest absolute Gasteiger partial charge is 0.484 e. The maximum atomic E-state index is 12.3. The highest BCUT2D eigenvalue weighted by Crippen LogP contribution is 2.25. The van der Waals surface area contributed by atoms with Crippen LogP contribution in [0.25, 0.3) is 0 Å². The number of benzene rings is 1. The molecule has 1 aromatic heterocycles. The van der Waals surface area contributed by atoms with Crippen LogP contribution in [-0.4, -0.2) is 39.3 Å². The Hall–Kier alpha value is -2.02. The number of hydrogen-bond donors (Lipinski definition) is 0. The Bertz CT molecular complexity index is 698. The first-order valence-electron chi connectivity index (χ1n) is 8.09. The van der Waals surface area contributed by atoms with Crippen LogP contribution in [0, 0.1) is 6.92 Å². The molecule has 6 nitrogen and oxygen atoms in total. The van der Waals surface area contributed by atoms with E-state index in [0.717, 1.165) is 37.2 Å². The summed E-state index contributed by atoms with van der Waals surface area (Å²) in [6.45, 7) is 5.79. The molecule has 0 N–H and O–H groups in total. The molecule has 1 amide bonds. The van der Waals surface area contributed by atoms with E-state index in [-0.39, 0.29) is 17.8 Å². The van der Waals surface area contributed by atoms with E-state index in [0.29, 0.717) is 11.1 Å². The predicted octanol–water partition coefficient (Wildman–Crippen LogP) is 3.06. The van der Waals surface area contributed by atoms with Gasteiger partial charge >= 0.3 is 0 Å². The quantitative estimate of drug-likeness (QED) is 0.748. The second-order valence-corrected chi connectivity index (χ2v) is 7.15. The van der Waals surface area contributed by atoms with Crippen LogP contribution < -0.4 is 4.74 Å². The van der Waals surface area contributed by atoms with Crippen LogP contribution in [-0.2, 0) is 11.4 Å². The Labute approximate surface area is 145 Å². The van der Waals surface area contributed by atoms with Gasteiger partial charge in [-0.2, -0.15) is 0 Å². The molecule has 1 aromatic carbocycles. The number of carbonyl (C=O) groups is 1. The number of amides is 1. The van der Waals surface area contributed by atoms with Crippen LogP contribution in [0.5, 0.6) is 5.75 Å². The van der Waals surface area contributed by atoms with Gasteiger partial charge in [-0.05, 0) is 44.4 Å². The number of likely N-dealkylation sites (tertiary alicyclic amines) is 1. The third-order valence-corrected chi connectivity index (χ3v) is 4.77. The van der Waals surface area contributed by atoms with Gasteiger partial charge in [-0.25, -0.2) is 0 Å². The molecule has 0 saturated carbocycles. The van der Waals surface area contributed by atoms with E-state index >= 15 is 0 Å². The lowest BCUT2D eigenvalue weighted by atomic mass is 10.2. The van der Waals surface area contributed by atoms with Gasteiger partial charge in [0.25, 0.3) is 11.1 Å². The lowest BCUT2D eigenvalue weighted by molar-refractivity contribution is -0.129. The van der Waals surface area contributed by atoms with Crippen molar-refractivity contribution < 1.29 is 13.9 Å². The van der Waals surface area contributed by atoms with E-state index in [9.17, 15) is 4.79 Å². The Morgan fingerprint density at radius 2 is 2.17 bits per heavy atom. The molecule has 128 valence electrons. The zero-order chi connectivity index (χ0) is 16.9. The summed E-state index contributed by atoms with van der Waals surface area (Å²) < 4.78 is 11.2. The van der Waals surface area contributed by atoms with Crippen LogP contribution in [0.3, 0.4) is 0 Å². The summed E-state index contributed by atoms with van der Waals surface area (Å²) in [5.74, 6) is 1.30. The van der Waals surface area contributed by atoms with Crippen LogP contribution in [0.1, 0.15) is 31.2 Å². The van der Waals surface area contributed by atoms with Crippen molar-refractivity contribution in [3.05, 3.63) is 35.7 Å². The maximum absolute atomic E-state index is 12.3. The SMILES string of the molecule is Cc1cccc(OCc2nnc(SC(C)C(=O)N3CCCC3)o2)c1. The molecule has 1 fully saturated rings. The van der Waals surface area contributed by atoms with E-state index in [1.54, 1.807) is 0 Å². The van der Waals surface area contributed by atoms with E-state index in [1.807, 2.05) is 43.0 Å². The minimum atomic E-state index is -0.228. The molecule has 0 radical (unpaired) electrons. The minimum absolute atomic E-state index is 0.133. The minimum Gasteiger partial charge on any atom is -0.484 e. The van der Waals surface area contributed by atoms with Crippen LogP contribution in [0.15, 0.2) is 33.9 Å². The normalized spacial score (nSPS) is 15.5. The number of hydrogen-bond acceptors (Lipinski definition) is 6. The molecule has 7 heteroatoms. The molecule has 2 heterocycles. The van der Waals surface area contributed by atoms with Gasteiger partial charge in [0.2, 0.25) is 5.91 Å². The van der Waals surface area contributed by atoms with Crippen molar-refractivity contribution in [1.82, 2.24) is 15.1 Å². The number of thioether (sulfide) groups is 1. The molecule has 3 rings (SSSR count). The van der Waals surface area contributed by atoms with Gasteiger partial charge in [-0.3, -0.25) is 4.79 Å². The zero-order valence-electron chi connectivity index (χ0n) is 13.9. The van der Waals surface area contributed by atoms with Crippen molar-refractivity contribution in [3.8, 4) is 5.75 Å². The summed E-state index contributed by atoms with van der Waals surface area (Å²) in [5, 5.41) is 8.14. The molecule has 1 saturated heterocycles. The Morgan fingerprint density at radius 1 is 1.38 bits per heavy atom. The van der Waals surface area contributed by atoms with Gasteiger partial charge in [0.05, 0.1) is 5.25 Å². The Balaban J connectivity index is 1.52. The van der Waals surface area contributed by atoms with Crippen LogP contribution >= 0.6 is 11.8 Å². The van der Waals surface area contributed by atoms with Crippen molar-refractivity contribution >= 4 is 17.7 Å². The smallest absolute Gasteiger partial charge is 0.277 e. The standard InChI is InChI=1S/C17H21N3O3S/c1-12-6-5-7-14(10-12)22-11-15-18-19-17(23-15)24-13(2)16(21)20-8-3-4-9-20/h5-7,10,13H,3-4,8-9,11H2,1-2H3. The molecule has 1 atom stereocenters. The molecule has 0 spiro atoms. The maximum Gasteiger partial charge on any atom is 0.277 e. The molecule has 2 aromatic rings. The Kier molecular flexibility index (Phi) is 5.40. The summed E-state index contributed by atoms with van der Waals surface area (Å²) >= 11 is 1.30. The number of ether oxygens (including phenoxy) is 1. The van der Waals surface area contributed by atoms with Crippen molar-refractivity contribution in [2.45, 2.75) is 43.8 Å². The number of nitrogens with zero attached hydrogens (tertiary/aromatic N) is 3. The highest BCUT2D eigenvalue weighted by molar-refractivity contribution is 8.00. The highest BCUT2D eigenvalue weighted by atomic mass is 32.2. The first kappa shape index (κ1) is 16.8. The fourth-order valence-corrected chi connectivity index (χ4v) is 3.38. The van der Waals surface area contributed by atoms with E-state index in [2.05, 4.69) is 10.2 Å². The van der Waals surface area contributed by atoms with Crippen molar-refractivity contribution in [3.63, 3.8) is 0 Å². The summed E-state index contributed by atoms with van der Waals surface area (Å²) in [6, 6.07) is 7.77. The van der Waals surface area contributed by atoms with Gasteiger partial charge in [0, 0.05) is 13.1 Å². The van der Waals surface area contributed by atoms with Gasteiger partial charge in [0.1, 0.15) is 5.75 Å². The summed E-state index contributed by atoms with van der Waals surface area (Å²) in [4.78, 5) is 14.2. The molecular weight excluding hydrogens is 326 g/mol. The van der Waals surface area contributed by atoms with Crippen molar-refractivity contribution in [1.29, 1.82) is 0 Å². The topological polar surface area (TPSA) is 68.5 Å². The monoisotopic (exact) mass is 347 g/mol. The van der Waals surface area contributed by atoms with Crippen molar-refractivity contribution in [2.24, 2.45) is 0 Å². The number of rotatable bonds is 6. The molecule has 1 aliphatic heterocycles. The third kappa shape index (κ3) is 4.29. The third-order valence-electron chi connectivity index (χ3n) is 3.84. The number of aryl methyl sites for hydroxylation is 1. The number of carbonyl (C=O) groups excluding carboxylic acids is 1. The van der Waals surface area contributed by atoms with Gasteiger partial charge in [-0.1, -0.05) is 23.9 Å². The predicted molar refractivity (Wildman–Crippen MR) is 90.9 cm³/mol.